The number of benzene rings is 2. The van der Waals surface area contributed by atoms with Gasteiger partial charge in [0.2, 0.25) is 0 Å². The molecular weight excluding hydrogens is 288 g/mol. The molecule has 0 fully saturated rings. The minimum Gasteiger partial charge on any atom is -0.506 e. The first kappa shape index (κ1) is 15.4. The van der Waals surface area contributed by atoms with Crippen molar-refractivity contribution in [2.24, 2.45) is 5.73 Å². The third-order valence-corrected chi connectivity index (χ3v) is 3.58. The van der Waals surface area contributed by atoms with Crippen LogP contribution in [0.5, 0.6) is 11.5 Å². The van der Waals surface area contributed by atoms with Crippen LogP contribution in [0.25, 0.3) is 0 Å². The third-order valence-electron chi connectivity index (χ3n) is 3.28. The number of methoxy groups -OCH3 is 1. The van der Waals surface area contributed by atoms with Gasteiger partial charge in [0, 0.05) is 23.7 Å². The fourth-order valence-electron chi connectivity index (χ4n) is 2.07. The topological polar surface area (TPSA) is 79.3 Å². The molecule has 0 saturated carbocycles. The molecule has 1 unspecified atom stereocenters. The van der Waals surface area contributed by atoms with E-state index in [0.717, 1.165) is 11.3 Å². The maximum absolute atomic E-state index is 9.92. The first-order valence-electron chi connectivity index (χ1n) is 6.47. The highest BCUT2D eigenvalue weighted by Crippen LogP contribution is 2.32. The van der Waals surface area contributed by atoms with Gasteiger partial charge in [-0.15, -0.1) is 0 Å². The van der Waals surface area contributed by atoms with Crippen molar-refractivity contribution in [1.82, 2.24) is 0 Å². The zero-order valence-corrected chi connectivity index (χ0v) is 12.4. The summed E-state index contributed by atoms with van der Waals surface area (Å²) in [4.78, 5) is 0. The van der Waals surface area contributed by atoms with Crippen LogP contribution in [-0.4, -0.2) is 17.9 Å². The van der Waals surface area contributed by atoms with Gasteiger partial charge < -0.3 is 21.0 Å². The molecule has 2 aromatic rings. The maximum Gasteiger partial charge on any atom is 0.138 e. The Labute approximate surface area is 128 Å². The Morgan fingerprint density at radius 3 is 2.57 bits per heavy atom. The monoisotopic (exact) mass is 304 g/mol. The first-order valence-corrected chi connectivity index (χ1v) is 6.85. The smallest absolute Gasteiger partial charge is 0.138 e. The number of aromatic hydroxyl groups is 1. The van der Waals surface area contributed by atoms with E-state index in [1.807, 2.05) is 12.1 Å². The van der Waals surface area contributed by atoms with Crippen LogP contribution in [-0.2, 0) is 0 Å². The molecule has 0 saturated heterocycles. The Bertz CT molecular complexity index is 641. The van der Waals surface area contributed by atoms with Crippen LogP contribution in [0.3, 0.4) is 0 Å². The van der Waals surface area contributed by atoms with Crippen molar-refractivity contribution in [3.05, 3.63) is 58.6 Å². The Morgan fingerprint density at radius 1 is 1.29 bits per heavy atom. The second-order valence-electron chi connectivity index (χ2n) is 4.70. The van der Waals surface area contributed by atoms with Crippen LogP contribution >= 0.6 is 11.6 Å². The average molecular weight is 305 g/mol. The first-order chi connectivity index (χ1) is 10.0. The Hall–Kier alpha value is -2.04. The summed E-state index contributed by atoms with van der Waals surface area (Å²) in [7, 11) is 1.60. The molecule has 2 aromatic carbocycles. The molecule has 110 valence electrons. The van der Waals surface area contributed by atoms with Gasteiger partial charge in [-0.2, -0.15) is 0 Å². The number of phenolic OH excluding ortho intramolecular Hbond substituents is 1. The lowest BCUT2D eigenvalue weighted by molar-refractivity contribution is 0.415. The van der Waals surface area contributed by atoms with Gasteiger partial charge in [-0.25, -0.2) is 0 Å². The quantitative estimate of drug-likeness (QED) is 0.740. The van der Waals surface area contributed by atoms with E-state index in [2.05, 4.69) is 0 Å². The molecule has 0 aliphatic rings. The lowest BCUT2D eigenvalue weighted by Gasteiger charge is -2.15. The van der Waals surface area contributed by atoms with Gasteiger partial charge in [0.1, 0.15) is 11.5 Å². The fraction of sp³-hybridized carbons (Fsp3) is 0.188. The fourth-order valence-corrected chi connectivity index (χ4v) is 2.25. The summed E-state index contributed by atoms with van der Waals surface area (Å²) >= 11 is 5.87. The summed E-state index contributed by atoms with van der Waals surface area (Å²) in [6.07, 6.45) is 0.306. The van der Waals surface area contributed by atoms with E-state index in [0.29, 0.717) is 17.7 Å². The Morgan fingerprint density at radius 2 is 1.95 bits per heavy atom. The number of para-hydroxylation sites is 1. The maximum atomic E-state index is 9.92. The van der Waals surface area contributed by atoms with Gasteiger partial charge >= 0.3 is 0 Å². The lowest BCUT2D eigenvalue weighted by Crippen LogP contribution is -2.15. The Balaban J connectivity index is 2.12. The number of ether oxygens (including phenoxy) is 1. The van der Waals surface area contributed by atoms with E-state index in [9.17, 15) is 5.11 Å². The van der Waals surface area contributed by atoms with Crippen molar-refractivity contribution >= 4 is 17.3 Å². The van der Waals surface area contributed by atoms with E-state index in [4.69, 9.17) is 27.5 Å². The van der Waals surface area contributed by atoms with Gasteiger partial charge in [0.15, 0.2) is 0 Å². The van der Waals surface area contributed by atoms with Crippen LogP contribution in [0, 0.1) is 5.41 Å². The zero-order valence-electron chi connectivity index (χ0n) is 11.6. The molecule has 4 nitrogen and oxygen atoms in total. The van der Waals surface area contributed by atoms with E-state index in [-0.39, 0.29) is 10.8 Å². The number of hydrogen-bond acceptors (Lipinski definition) is 4. The predicted molar refractivity (Wildman–Crippen MR) is 84.5 cm³/mol. The van der Waals surface area contributed by atoms with Gasteiger partial charge in [0.25, 0.3) is 0 Å². The standard InChI is InChI=1S/C16H17ClN2O2/c1-21-11-7-5-10(6-8-11)14(18)9-15(19)12-3-2-4-13(17)16(12)20/h2-8,15,18,20H,9,19H2,1H3. The molecule has 0 aliphatic heterocycles. The second-order valence-corrected chi connectivity index (χ2v) is 5.10. The molecule has 0 radical (unpaired) electrons. The molecular formula is C16H17ClN2O2. The molecule has 0 amide bonds. The van der Waals surface area contributed by atoms with Crippen molar-refractivity contribution in [3.8, 4) is 11.5 Å². The number of halogens is 1. The zero-order chi connectivity index (χ0) is 15.4. The summed E-state index contributed by atoms with van der Waals surface area (Å²) in [6.45, 7) is 0. The second kappa shape index (κ2) is 6.61. The van der Waals surface area contributed by atoms with Crippen molar-refractivity contribution in [2.75, 3.05) is 7.11 Å². The highest BCUT2D eigenvalue weighted by molar-refractivity contribution is 6.32. The van der Waals surface area contributed by atoms with Crippen LogP contribution in [0.15, 0.2) is 42.5 Å². The molecule has 21 heavy (non-hydrogen) atoms. The number of hydrogen-bond donors (Lipinski definition) is 3. The molecule has 0 aromatic heterocycles. The van der Waals surface area contributed by atoms with Crippen molar-refractivity contribution in [2.45, 2.75) is 12.5 Å². The molecule has 0 aliphatic carbocycles. The van der Waals surface area contributed by atoms with Crippen LogP contribution in [0.4, 0.5) is 0 Å². The minimum absolute atomic E-state index is 0.0193. The van der Waals surface area contributed by atoms with Crippen molar-refractivity contribution < 1.29 is 9.84 Å². The molecule has 0 heterocycles. The normalized spacial score (nSPS) is 12.0. The largest absolute Gasteiger partial charge is 0.506 e. The van der Waals surface area contributed by atoms with E-state index < -0.39 is 6.04 Å². The summed E-state index contributed by atoms with van der Waals surface area (Å²) in [6, 6.07) is 11.8. The average Bonchev–Trinajstić information content (AvgIpc) is 2.50. The predicted octanol–water partition coefficient (Wildman–Crippen LogP) is 3.51. The van der Waals surface area contributed by atoms with Gasteiger partial charge in [-0.3, -0.25) is 0 Å². The highest BCUT2D eigenvalue weighted by Gasteiger charge is 2.15. The lowest BCUT2D eigenvalue weighted by atomic mass is 9.97. The highest BCUT2D eigenvalue weighted by atomic mass is 35.5. The minimum atomic E-state index is -0.488. The summed E-state index contributed by atoms with van der Waals surface area (Å²) in [5.41, 5.74) is 7.78. The van der Waals surface area contributed by atoms with Gasteiger partial charge in [-0.05, 0) is 35.9 Å². The number of nitrogens with two attached hydrogens (primary N) is 1. The van der Waals surface area contributed by atoms with Crippen molar-refractivity contribution in [1.29, 1.82) is 5.41 Å². The van der Waals surface area contributed by atoms with E-state index >= 15 is 0 Å². The third kappa shape index (κ3) is 3.54. The van der Waals surface area contributed by atoms with Crippen LogP contribution < -0.4 is 10.5 Å². The molecule has 2 rings (SSSR count). The van der Waals surface area contributed by atoms with Crippen LogP contribution in [0.2, 0.25) is 5.02 Å². The van der Waals surface area contributed by atoms with Gasteiger partial charge in [-0.1, -0.05) is 23.7 Å². The molecule has 4 N–H and O–H groups in total. The summed E-state index contributed by atoms with van der Waals surface area (Å²) in [5.74, 6) is 0.720. The summed E-state index contributed by atoms with van der Waals surface area (Å²) < 4.78 is 5.09. The molecule has 1 atom stereocenters. The van der Waals surface area contributed by atoms with E-state index in [1.54, 1.807) is 37.4 Å². The number of phenols is 1. The molecule has 0 bridgehead atoms. The molecule has 0 spiro atoms. The molecule has 5 heteroatoms. The summed E-state index contributed by atoms with van der Waals surface area (Å²) in [5, 5.41) is 18.3. The number of nitrogens with one attached hydrogen (secondary N) is 1. The van der Waals surface area contributed by atoms with Crippen LogP contribution in [0.1, 0.15) is 23.6 Å². The van der Waals surface area contributed by atoms with E-state index in [1.165, 1.54) is 0 Å². The number of rotatable bonds is 5. The Kier molecular flexibility index (Phi) is 4.83. The van der Waals surface area contributed by atoms with Gasteiger partial charge in [0.05, 0.1) is 12.1 Å². The van der Waals surface area contributed by atoms with Crippen molar-refractivity contribution in [3.63, 3.8) is 0 Å². The SMILES string of the molecule is COc1ccc(C(=N)CC(N)c2cccc(Cl)c2O)cc1.